The molecule has 0 radical (unpaired) electrons. The van der Waals surface area contributed by atoms with Crippen LogP contribution < -0.4 is 5.32 Å². The third kappa shape index (κ3) is 5.99. The van der Waals surface area contributed by atoms with Crippen LogP contribution in [-0.4, -0.2) is 32.9 Å². The molecule has 1 unspecified atom stereocenters. The Morgan fingerprint density at radius 2 is 1.83 bits per heavy atom. The number of halogens is 2. The Bertz CT molecular complexity index is 1220. The third-order valence-corrected chi connectivity index (χ3v) is 6.10. The van der Waals surface area contributed by atoms with Crippen LogP contribution in [0.15, 0.2) is 41.4 Å². The Labute approximate surface area is 205 Å². The van der Waals surface area contributed by atoms with E-state index < -0.39 is 6.43 Å². The molecule has 0 fully saturated rings. The maximum atomic E-state index is 14.2. The van der Waals surface area contributed by atoms with Crippen LogP contribution in [0, 0.1) is 20.8 Å². The van der Waals surface area contributed by atoms with Gasteiger partial charge in [0.05, 0.1) is 17.4 Å². The Morgan fingerprint density at radius 3 is 2.40 bits per heavy atom. The molecular weight excluding hydrogens is 448 g/mol. The predicted molar refractivity (Wildman–Crippen MR) is 134 cm³/mol. The van der Waals surface area contributed by atoms with Gasteiger partial charge in [-0.3, -0.25) is 19.5 Å². The first-order chi connectivity index (χ1) is 16.6. The van der Waals surface area contributed by atoms with Crippen molar-refractivity contribution in [3.05, 3.63) is 81.4 Å². The van der Waals surface area contributed by atoms with Crippen molar-refractivity contribution in [3.63, 3.8) is 0 Å². The molecule has 6 nitrogen and oxygen atoms in total. The van der Waals surface area contributed by atoms with Gasteiger partial charge in [0.1, 0.15) is 0 Å². The van der Waals surface area contributed by atoms with E-state index in [2.05, 4.69) is 20.4 Å². The fourth-order valence-electron chi connectivity index (χ4n) is 4.49. The van der Waals surface area contributed by atoms with E-state index in [1.807, 2.05) is 65.1 Å². The Kier molecular flexibility index (Phi) is 8.48. The minimum atomic E-state index is -2.69. The molecule has 0 spiro atoms. The first-order valence-corrected chi connectivity index (χ1v) is 11.8. The van der Waals surface area contributed by atoms with Gasteiger partial charge in [-0.05, 0) is 47.1 Å². The lowest BCUT2D eigenvalue weighted by Gasteiger charge is -2.17. The largest absolute Gasteiger partial charge is 0.349 e. The number of carbonyl (C=O) groups excluding carboxylic acids is 1. The van der Waals surface area contributed by atoms with E-state index in [4.69, 9.17) is 0 Å². The van der Waals surface area contributed by atoms with Crippen molar-refractivity contribution in [2.75, 3.05) is 6.54 Å². The molecule has 1 amide bonds. The van der Waals surface area contributed by atoms with Crippen LogP contribution in [0.25, 0.3) is 0 Å². The fraction of sp³-hybridized carbons (Fsp3) is 0.407. The highest BCUT2D eigenvalue weighted by molar-refractivity contribution is 6.14. The van der Waals surface area contributed by atoms with Crippen molar-refractivity contribution >= 4 is 11.6 Å². The fourth-order valence-corrected chi connectivity index (χ4v) is 4.49. The molecule has 0 bridgehead atoms. The van der Waals surface area contributed by atoms with Crippen molar-refractivity contribution in [1.29, 1.82) is 0 Å². The molecule has 0 saturated carbocycles. The second kappa shape index (κ2) is 11.3. The highest BCUT2D eigenvalue weighted by atomic mass is 19.3. The zero-order valence-electron chi connectivity index (χ0n) is 21.2. The monoisotopic (exact) mass is 481 g/mol. The van der Waals surface area contributed by atoms with Gasteiger partial charge in [0.2, 0.25) is 5.91 Å². The van der Waals surface area contributed by atoms with Crippen LogP contribution in [0.5, 0.6) is 0 Å². The number of alkyl halides is 2. The maximum absolute atomic E-state index is 14.2. The maximum Gasteiger partial charge on any atom is 0.264 e. The van der Waals surface area contributed by atoms with Crippen molar-refractivity contribution in [2.24, 2.45) is 12.0 Å². The molecular formula is C27H33F2N5O. The number of carbonyl (C=O) groups is 1. The van der Waals surface area contributed by atoms with Gasteiger partial charge < -0.3 is 5.32 Å². The number of aryl methyl sites for hydroxylation is 4. The van der Waals surface area contributed by atoms with E-state index >= 15 is 0 Å². The standard InChI is InChI=1S/C27H33F2N5O/c1-7-30-26(20-11-9-8-10-12-20)25-17(3)31-21(15-22(25)27(28)29)13-14-23(35)32-16(2)24-18(4)33-34(6)19(24)5/h8-12,15-16,27H,7,13-14H2,1-6H3,(H,32,35). The summed E-state index contributed by atoms with van der Waals surface area (Å²) >= 11 is 0. The number of benzene rings is 1. The molecule has 0 saturated heterocycles. The number of pyridine rings is 1. The number of aliphatic imine (C=N–C) groups is 1. The lowest BCUT2D eigenvalue weighted by Crippen LogP contribution is -2.27. The molecule has 35 heavy (non-hydrogen) atoms. The molecule has 186 valence electrons. The summed E-state index contributed by atoms with van der Waals surface area (Å²) in [5.74, 6) is -0.167. The summed E-state index contributed by atoms with van der Waals surface area (Å²) in [6, 6.07) is 10.5. The average Bonchev–Trinajstić information content (AvgIpc) is 3.07. The summed E-state index contributed by atoms with van der Waals surface area (Å²) in [6.45, 7) is 9.84. The molecule has 0 aliphatic carbocycles. The summed E-state index contributed by atoms with van der Waals surface area (Å²) < 4.78 is 30.1. The van der Waals surface area contributed by atoms with Crippen molar-refractivity contribution in [1.82, 2.24) is 20.1 Å². The van der Waals surface area contributed by atoms with E-state index in [0.717, 1.165) is 22.5 Å². The Balaban J connectivity index is 1.81. The molecule has 0 aliphatic heterocycles. The van der Waals surface area contributed by atoms with Crippen LogP contribution in [-0.2, 0) is 18.3 Å². The van der Waals surface area contributed by atoms with Gasteiger partial charge in [-0.15, -0.1) is 0 Å². The topological polar surface area (TPSA) is 72.2 Å². The van der Waals surface area contributed by atoms with Crippen LogP contribution in [0.4, 0.5) is 8.78 Å². The van der Waals surface area contributed by atoms with Gasteiger partial charge in [0, 0.05) is 59.3 Å². The molecule has 3 aromatic rings. The molecule has 8 heteroatoms. The zero-order chi connectivity index (χ0) is 25.7. The average molecular weight is 482 g/mol. The second-order valence-electron chi connectivity index (χ2n) is 8.65. The molecule has 3 rings (SSSR count). The Morgan fingerprint density at radius 1 is 1.14 bits per heavy atom. The molecule has 2 heterocycles. The first-order valence-electron chi connectivity index (χ1n) is 11.8. The van der Waals surface area contributed by atoms with E-state index in [-0.39, 0.29) is 30.4 Å². The van der Waals surface area contributed by atoms with Crippen LogP contribution >= 0.6 is 0 Å². The van der Waals surface area contributed by atoms with E-state index in [1.165, 1.54) is 6.07 Å². The predicted octanol–water partition coefficient (Wildman–Crippen LogP) is 5.35. The number of rotatable bonds is 9. The highest BCUT2D eigenvalue weighted by Crippen LogP contribution is 2.29. The Hall–Kier alpha value is -3.42. The van der Waals surface area contributed by atoms with Crippen molar-refractivity contribution in [3.8, 4) is 0 Å². The number of nitrogens with zero attached hydrogens (tertiary/aromatic N) is 4. The first kappa shape index (κ1) is 26.2. The van der Waals surface area contributed by atoms with Crippen molar-refractivity contribution < 1.29 is 13.6 Å². The summed E-state index contributed by atoms with van der Waals surface area (Å²) in [5.41, 5.74) is 5.31. The number of hydrogen-bond acceptors (Lipinski definition) is 4. The van der Waals surface area contributed by atoms with Crippen molar-refractivity contribution in [2.45, 2.75) is 59.9 Å². The van der Waals surface area contributed by atoms with Gasteiger partial charge >= 0.3 is 0 Å². The number of hydrogen-bond donors (Lipinski definition) is 1. The van der Waals surface area contributed by atoms with Gasteiger partial charge in [-0.25, -0.2) is 8.78 Å². The highest BCUT2D eigenvalue weighted by Gasteiger charge is 2.23. The quantitative estimate of drug-likeness (QED) is 0.419. The number of nitrogens with one attached hydrogen (secondary N) is 1. The smallest absolute Gasteiger partial charge is 0.264 e. The summed E-state index contributed by atoms with van der Waals surface area (Å²) in [6.07, 6.45) is -2.29. The second-order valence-corrected chi connectivity index (χ2v) is 8.65. The molecule has 0 aliphatic rings. The van der Waals surface area contributed by atoms with Gasteiger partial charge in [0.15, 0.2) is 0 Å². The summed E-state index contributed by atoms with van der Waals surface area (Å²) in [5, 5.41) is 7.39. The van der Waals surface area contributed by atoms with Gasteiger partial charge in [-0.2, -0.15) is 5.10 Å². The lowest BCUT2D eigenvalue weighted by molar-refractivity contribution is -0.121. The lowest BCUT2D eigenvalue weighted by atomic mass is 9.95. The van der Waals surface area contributed by atoms with Gasteiger partial charge in [-0.1, -0.05) is 30.3 Å². The third-order valence-electron chi connectivity index (χ3n) is 6.10. The summed E-state index contributed by atoms with van der Waals surface area (Å²) in [4.78, 5) is 21.7. The molecule has 1 N–H and O–H groups in total. The summed E-state index contributed by atoms with van der Waals surface area (Å²) in [7, 11) is 1.87. The number of amides is 1. The normalized spacial score (nSPS) is 12.8. The van der Waals surface area contributed by atoms with E-state index in [0.29, 0.717) is 29.2 Å². The minimum absolute atomic E-state index is 0.112. The van der Waals surface area contributed by atoms with Crippen LogP contribution in [0.2, 0.25) is 0 Å². The van der Waals surface area contributed by atoms with Crippen LogP contribution in [0.3, 0.4) is 0 Å². The molecule has 1 atom stereocenters. The van der Waals surface area contributed by atoms with Gasteiger partial charge in [0.25, 0.3) is 6.43 Å². The zero-order valence-corrected chi connectivity index (χ0v) is 21.2. The molecule has 1 aromatic carbocycles. The molecule has 2 aromatic heterocycles. The minimum Gasteiger partial charge on any atom is -0.349 e. The van der Waals surface area contributed by atoms with E-state index in [9.17, 15) is 13.6 Å². The van der Waals surface area contributed by atoms with E-state index in [1.54, 1.807) is 11.6 Å². The number of aromatic nitrogens is 3. The van der Waals surface area contributed by atoms with Crippen LogP contribution in [0.1, 0.15) is 77.8 Å². The SMILES string of the molecule is CCN=C(c1ccccc1)c1c(C(F)F)cc(CCC(=O)NC(C)c2c(C)nn(C)c2C)nc1C.